The summed E-state index contributed by atoms with van der Waals surface area (Å²) in [6.45, 7) is 0.717. The Balaban J connectivity index is 1.85. The minimum atomic E-state index is -0.0448. The van der Waals surface area contributed by atoms with Crippen LogP contribution in [0, 0.1) is 0 Å². The topological polar surface area (TPSA) is 64.9 Å². The van der Waals surface area contributed by atoms with E-state index in [1.54, 1.807) is 0 Å². The summed E-state index contributed by atoms with van der Waals surface area (Å²) in [7, 11) is 0. The van der Waals surface area contributed by atoms with Crippen LogP contribution in [0.4, 0.5) is 0 Å². The minimum absolute atomic E-state index is 0.0448. The first-order valence-electron chi connectivity index (χ1n) is 7.94. The van der Waals surface area contributed by atoms with Crippen LogP contribution in [0.15, 0.2) is 34.9 Å². The van der Waals surface area contributed by atoms with Crippen LogP contribution in [0.3, 0.4) is 0 Å². The van der Waals surface area contributed by atoms with Crippen LogP contribution in [0.5, 0.6) is 0 Å². The highest BCUT2D eigenvalue weighted by molar-refractivity contribution is 5.33. The normalized spacial score (nSPS) is 17.2. The Kier molecular flexibility index (Phi) is 4.34. The van der Waals surface area contributed by atoms with Gasteiger partial charge < -0.3 is 10.3 Å². The molecule has 0 bridgehead atoms. The predicted octanol–water partition coefficient (Wildman–Crippen LogP) is 3.21. The van der Waals surface area contributed by atoms with Crippen molar-refractivity contribution in [2.45, 2.75) is 50.4 Å². The van der Waals surface area contributed by atoms with Crippen molar-refractivity contribution >= 4 is 0 Å². The fourth-order valence-electron chi connectivity index (χ4n) is 3.35. The van der Waals surface area contributed by atoms with Gasteiger partial charge in [-0.1, -0.05) is 48.3 Å². The summed E-state index contributed by atoms with van der Waals surface area (Å²) < 4.78 is 5.47. The highest BCUT2D eigenvalue weighted by atomic mass is 16.5. The number of unbranched alkanes of at least 4 members (excludes halogenated alkanes) is 1. The highest BCUT2D eigenvalue weighted by Gasteiger charge is 2.41. The summed E-state index contributed by atoms with van der Waals surface area (Å²) in [5.74, 6) is 1.62. The van der Waals surface area contributed by atoms with Gasteiger partial charge in [0, 0.05) is 6.42 Å². The van der Waals surface area contributed by atoms with E-state index in [2.05, 4.69) is 35.5 Å². The van der Waals surface area contributed by atoms with Crippen LogP contribution < -0.4 is 5.73 Å². The molecule has 3 rings (SSSR count). The second-order valence-electron chi connectivity index (χ2n) is 5.91. The molecule has 0 atom stereocenters. The van der Waals surface area contributed by atoms with Gasteiger partial charge in [0.15, 0.2) is 5.82 Å². The van der Waals surface area contributed by atoms with E-state index in [4.69, 9.17) is 15.2 Å². The van der Waals surface area contributed by atoms with Gasteiger partial charge in [-0.3, -0.25) is 0 Å². The summed E-state index contributed by atoms with van der Waals surface area (Å²) in [6.07, 6.45) is 7.52. The Morgan fingerprint density at radius 1 is 1.10 bits per heavy atom. The molecule has 21 heavy (non-hydrogen) atoms. The lowest BCUT2D eigenvalue weighted by Gasteiger charge is -2.25. The van der Waals surface area contributed by atoms with Gasteiger partial charge in [-0.2, -0.15) is 4.98 Å². The number of benzene rings is 1. The third kappa shape index (κ3) is 2.86. The minimum Gasteiger partial charge on any atom is -0.339 e. The van der Waals surface area contributed by atoms with Crippen molar-refractivity contribution in [2.24, 2.45) is 5.73 Å². The number of rotatable bonds is 6. The molecule has 4 nitrogen and oxygen atoms in total. The zero-order valence-electron chi connectivity index (χ0n) is 12.4. The van der Waals surface area contributed by atoms with Crippen molar-refractivity contribution in [3.05, 3.63) is 47.6 Å². The molecule has 0 spiro atoms. The maximum Gasteiger partial charge on any atom is 0.226 e. The number of aryl methyl sites for hydroxylation is 1. The molecule has 1 aromatic carbocycles. The zero-order chi connectivity index (χ0) is 14.5. The summed E-state index contributed by atoms with van der Waals surface area (Å²) in [5, 5.41) is 4.31. The molecule has 0 saturated heterocycles. The third-order valence-corrected chi connectivity index (χ3v) is 4.52. The Morgan fingerprint density at radius 3 is 2.57 bits per heavy atom. The van der Waals surface area contributed by atoms with Crippen LogP contribution in [-0.2, 0) is 11.8 Å². The molecule has 112 valence electrons. The lowest BCUT2D eigenvalue weighted by Crippen LogP contribution is -2.25. The van der Waals surface area contributed by atoms with E-state index >= 15 is 0 Å². The average Bonchev–Trinajstić information content (AvgIpc) is 3.18. The molecule has 4 heteroatoms. The number of nitrogens with zero attached hydrogens (tertiary/aromatic N) is 2. The average molecular weight is 285 g/mol. The summed E-state index contributed by atoms with van der Waals surface area (Å²) in [6, 6.07) is 10.6. The molecule has 1 fully saturated rings. The maximum atomic E-state index is 5.53. The molecule has 0 amide bonds. The second-order valence-corrected chi connectivity index (χ2v) is 5.91. The predicted molar refractivity (Wildman–Crippen MR) is 82.0 cm³/mol. The van der Waals surface area contributed by atoms with Gasteiger partial charge in [-0.05, 0) is 37.8 Å². The van der Waals surface area contributed by atoms with Gasteiger partial charge in [0.1, 0.15) is 0 Å². The van der Waals surface area contributed by atoms with E-state index in [1.165, 1.54) is 18.4 Å². The van der Waals surface area contributed by atoms with E-state index < -0.39 is 0 Å². The van der Waals surface area contributed by atoms with Crippen LogP contribution in [0.1, 0.15) is 55.8 Å². The molecule has 1 aromatic heterocycles. The Bertz CT molecular complexity index is 558. The SMILES string of the molecule is NCCCCc1nc(C2(c3ccccc3)CCCC2)no1. The van der Waals surface area contributed by atoms with E-state index in [0.717, 1.165) is 50.4 Å². The van der Waals surface area contributed by atoms with E-state index in [-0.39, 0.29) is 5.41 Å². The molecule has 1 saturated carbocycles. The van der Waals surface area contributed by atoms with Crippen LogP contribution in [-0.4, -0.2) is 16.7 Å². The van der Waals surface area contributed by atoms with Gasteiger partial charge in [-0.15, -0.1) is 0 Å². The van der Waals surface area contributed by atoms with Crippen LogP contribution >= 0.6 is 0 Å². The number of hydrogen-bond acceptors (Lipinski definition) is 4. The summed E-state index contributed by atoms with van der Waals surface area (Å²) in [5.41, 5.74) is 6.80. The van der Waals surface area contributed by atoms with E-state index in [0.29, 0.717) is 0 Å². The summed E-state index contributed by atoms with van der Waals surface area (Å²) >= 11 is 0. The lowest BCUT2D eigenvalue weighted by atomic mass is 9.78. The molecule has 1 aliphatic rings. The molecule has 1 aliphatic carbocycles. The van der Waals surface area contributed by atoms with Gasteiger partial charge in [0.05, 0.1) is 5.41 Å². The molecule has 0 unspecified atom stereocenters. The van der Waals surface area contributed by atoms with Crippen molar-refractivity contribution in [3.8, 4) is 0 Å². The van der Waals surface area contributed by atoms with E-state index in [1.807, 2.05) is 0 Å². The van der Waals surface area contributed by atoms with Gasteiger partial charge in [-0.25, -0.2) is 0 Å². The zero-order valence-corrected chi connectivity index (χ0v) is 12.4. The third-order valence-electron chi connectivity index (χ3n) is 4.52. The Labute approximate surface area is 125 Å². The molecule has 0 aliphatic heterocycles. The number of nitrogens with two attached hydrogens (primary N) is 1. The van der Waals surface area contributed by atoms with Crippen LogP contribution in [0.25, 0.3) is 0 Å². The van der Waals surface area contributed by atoms with Crippen LogP contribution in [0.2, 0.25) is 0 Å². The fourth-order valence-corrected chi connectivity index (χ4v) is 3.35. The Morgan fingerprint density at radius 2 is 1.86 bits per heavy atom. The molecule has 1 heterocycles. The van der Waals surface area contributed by atoms with Crippen molar-refractivity contribution in [1.82, 2.24) is 10.1 Å². The summed E-state index contributed by atoms with van der Waals surface area (Å²) in [4.78, 5) is 4.69. The van der Waals surface area contributed by atoms with Crippen molar-refractivity contribution in [3.63, 3.8) is 0 Å². The Hall–Kier alpha value is -1.68. The lowest BCUT2D eigenvalue weighted by molar-refractivity contribution is 0.357. The first kappa shape index (κ1) is 14.3. The van der Waals surface area contributed by atoms with Gasteiger partial charge >= 0.3 is 0 Å². The van der Waals surface area contributed by atoms with Crippen molar-refractivity contribution < 1.29 is 4.52 Å². The van der Waals surface area contributed by atoms with Gasteiger partial charge in [0.2, 0.25) is 5.89 Å². The maximum absolute atomic E-state index is 5.53. The monoisotopic (exact) mass is 285 g/mol. The molecular formula is C17H23N3O. The van der Waals surface area contributed by atoms with E-state index in [9.17, 15) is 0 Å². The molecule has 2 aromatic rings. The quantitative estimate of drug-likeness (QED) is 0.828. The smallest absolute Gasteiger partial charge is 0.226 e. The number of hydrogen-bond donors (Lipinski definition) is 1. The van der Waals surface area contributed by atoms with Crippen molar-refractivity contribution in [1.29, 1.82) is 0 Å². The fraction of sp³-hybridized carbons (Fsp3) is 0.529. The second kappa shape index (κ2) is 6.39. The largest absolute Gasteiger partial charge is 0.339 e. The highest BCUT2D eigenvalue weighted by Crippen LogP contribution is 2.45. The molecular weight excluding hydrogens is 262 g/mol. The first-order valence-corrected chi connectivity index (χ1v) is 7.94. The first-order chi connectivity index (χ1) is 10.3. The van der Waals surface area contributed by atoms with Crippen molar-refractivity contribution in [2.75, 3.05) is 6.54 Å². The number of aromatic nitrogens is 2. The van der Waals surface area contributed by atoms with Gasteiger partial charge in [0.25, 0.3) is 0 Å². The molecule has 2 N–H and O–H groups in total. The standard InChI is InChI=1S/C17H23N3O/c18-13-7-4-10-15-19-16(20-21-15)17(11-5-6-12-17)14-8-2-1-3-9-14/h1-3,8-9H,4-7,10-13,18H2. The molecule has 0 radical (unpaired) electrons.